The number of ether oxygens (including phenoxy) is 3. The molecular weight excluding hydrogens is 244 g/mol. The molecule has 17 heavy (non-hydrogen) atoms. The van der Waals surface area contributed by atoms with Crippen LogP contribution in [-0.4, -0.2) is 65.2 Å². The SMILES string of the molecule is COCC(COC)(COC)NC(=O)N=S(C)C. The lowest BCUT2D eigenvalue weighted by Gasteiger charge is -2.31. The lowest BCUT2D eigenvalue weighted by molar-refractivity contribution is 0.00128. The summed E-state index contributed by atoms with van der Waals surface area (Å²) >= 11 is 0. The third kappa shape index (κ3) is 6.72. The highest BCUT2D eigenvalue weighted by molar-refractivity contribution is 7.86. The molecular formula is C10H22N2O4S. The molecule has 0 aliphatic heterocycles. The van der Waals surface area contributed by atoms with Gasteiger partial charge in [0.15, 0.2) is 0 Å². The maximum atomic E-state index is 11.7. The number of hydrogen-bond acceptors (Lipinski definition) is 4. The first-order chi connectivity index (χ1) is 7.99. The summed E-state index contributed by atoms with van der Waals surface area (Å²) in [4.78, 5) is 11.7. The van der Waals surface area contributed by atoms with Crippen molar-refractivity contribution in [3.8, 4) is 0 Å². The maximum absolute atomic E-state index is 11.7. The van der Waals surface area contributed by atoms with Crippen LogP contribution in [0.4, 0.5) is 4.79 Å². The summed E-state index contributed by atoms with van der Waals surface area (Å²) in [5.41, 5.74) is -0.696. The van der Waals surface area contributed by atoms with E-state index in [1.807, 2.05) is 12.5 Å². The van der Waals surface area contributed by atoms with E-state index in [1.165, 1.54) is 0 Å². The van der Waals surface area contributed by atoms with E-state index in [9.17, 15) is 4.79 Å². The van der Waals surface area contributed by atoms with Gasteiger partial charge in [-0.2, -0.15) is 4.36 Å². The van der Waals surface area contributed by atoms with Crippen LogP contribution in [0.3, 0.4) is 0 Å². The third-order valence-electron chi connectivity index (χ3n) is 1.90. The van der Waals surface area contributed by atoms with Crippen LogP contribution >= 0.6 is 0 Å². The molecule has 0 spiro atoms. The zero-order valence-corrected chi connectivity index (χ0v) is 11.9. The minimum absolute atomic E-state index is 0.302. The number of rotatable bonds is 7. The highest BCUT2D eigenvalue weighted by Gasteiger charge is 2.32. The summed E-state index contributed by atoms with van der Waals surface area (Å²) in [5, 5.41) is 2.79. The fourth-order valence-corrected chi connectivity index (χ4v) is 1.85. The quantitative estimate of drug-likeness (QED) is 0.726. The molecule has 2 amide bonds. The molecule has 0 unspecified atom stereocenters. The predicted molar refractivity (Wildman–Crippen MR) is 68.5 cm³/mol. The van der Waals surface area contributed by atoms with Crippen LogP contribution in [0.2, 0.25) is 0 Å². The first-order valence-corrected chi connectivity index (χ1v) is 7.08. The molecule has 0 aromatic heterocycles. The largest absolute Gasteiger partial charge is 0.382 e. The second-order valence-corrected chi connectivity index (χ2v) is 5.60. The Balaban J connectivity index is 4.75. The Morgan fingerprint density at radius 3 is 1.82 bits per heavy atom. The molecule has 0 aromatic rings. The molecule has 7 heteroatoms. The molecule has 102 valence electrons. The normalized spacial score (nSPS) is 11.6. The molecule has 0 atom stereocenters. The minimum atomic E-state index is -0.696. The van der Waals surface area contributed by atoms with Gasteiger partial charge in [0.2, 0.25) is 0 Å². The zero-order chi connectivity index (χ0) is 13.3. The van der Waals surface area contributed by atoms with E-state index < -0.39 is 5.54 Å². The van der Waals surface area contributed by atoms with Gasteiger partial charge in [0.1, 0.15) is 5.54 Å². The molecule has 0 aromatic carbocycles. The molecule has 0 rings (SSSR count). The van der Waals surface area contributed by atoms with Crippen molar-refractivity contribution in [1.82, 2.24) is 5.32 Å². The molecule has 0 fully saturated rings. The van der Waals surface area contributed by atoms with Gasteiger partial charge in [-0.15, -0.1) is 0 Å². The lowest BCUT2D eigenvalue weighted by Crippen LogP contribution is -2.57. The summed E-state index contributed by atoms with van der Waals surface area (Å²) in [6, 6.07) is -0.371. The van der Waals surface area contributed by atoms with Gasteiger partial charge in [-0.05, 0) is 12.5 Å². The van der Waals surface area contributed by atoms with Gasteiger partial charge in [-0.1, -0.05) is 10.7 Å². The second-order valence-electron chi connectivity index (χ2n) is 3.87. The number of hydrogen-bond donors (Lipinski definition) is 1. The topological polar surface area (TPSA) is 69.2 Å². The highest BCUT2D eigenvalue weighted by Crippen LogP contribution is 2.08. The van der Waals surface area contributed by atoms with Crippen molar-refractivity contribution in [2.24, 2.45) is 4.36 Å². The summed E-state index contributed by atoms with van der Waals surface area (Å²) < 4.78 is 19.2. The zero-order valence-electron chi connectivity index (χ0n) is 11.1. The average molecular weight is 266 g/mol. The van der Waals surface area contributed by atoms with Crippen molar-refractivity contribution < 1.29 is 19.0 Å². The maximum Gasteiger partial charge on any atom is 0.347 e. The number of urea groups is 1. The fourth-order valence-electron chi connectivity index (χ4n) is 1.48. The van der Waals surface area contributed by atoms with E-state index in [4.69, 9.17) is 14.2 Å². The number of carbonyl (C=O) groups is 1. The summed E-state index contributed by atoms with van der Waals surface area (Å²) in [6.45, 7) is 0.908. The van der Waals surface area contributed by atoms with Gasteiger partial charge in [0, 0.05) is 21.3 Å². The summed E-state index contributed by atoms with van der Waals surface area (Å²) in [6.07, 6.45) is 3.73. The molecule has 0 saturated carbocycles. The van der Waals surface area contributed by atoms with Crippen LogP contribution in [0, 0.1) is 0 Å². The second kappa shape index (κ2) is 8.57. The van der Waals surface area contributed by atoms with Crippen molar-refractivity contribution in [3.05, 3.63) is 0 Å². The van der Waals surface area contributed by atoms with Gasteiger partial charge in [-0.3, -0.25) is 0 Å². The van der Waals surface area contributed by atoms with E-state index >= 15 is 0 Å². The molecule has 0 radical (unpaired) electrons. The van der Waals surface area contributed by atoms with Crippen molar-refractivity contribution in [2.45, 2.75) is 5.54 Å². The first-order valence-electron chi connectivity index (χ1n) is 5.08. The van der Waals surface area contributed by atoms with Crippen LogP contribution < -0.4 is 5.32 Å². The smallest absolute Gasteiger partial charge is 0.347 e. The molecule has 6 nitrogen and oxygen atoms in total. The van der Waals surface area contributed by atoms with Crippen LogP contribution in [0.5, 0.6) is 0 Å². The highest BCUT2D eigenvalue weighted by atomic mass is 32.2. The number of amides is 2. The summed E-state index contributed by atoms with van der Waals surface area (Å²) in [7, 11) is 4.39. The van der Waals surface area contributed by atoms with E-state index in [0.29, 0.717) is 19.8 Å². The van der Waals surface area contributed by atoms with Crippen LogP contribution in [0.1, 0.15) is 0 Å². The Morgan fingerprint density at radius 1 is 1.12 bits per heavy atom. The van der Waals surface area contributed by atoms with E-state index in [0.717, 1.165) is 0 Å². The van der Waals surface area contributed by atoms with Crippen LogP contribution in [-0.2, 0) is 24.9 Å². The van der Waals surface area contributed by atoms with Crippen molar-refractivity contribution in [1.29, 1.82) is 0 Å². The summed E-state index contributed by atoms with van der Waals surface area (Å²) in [5.74, 6) is 0. The fraction of sp³-hybridized carbons (Fsp3) is 0.900. The molecule has 0 saturated heterocycles. The number of carbonyl (C=O) groups excluding carboxylic acids is 1. The Kier molecular flexibility index (Phi) is 8.32. The molecule has 0 bridgehead atoms. The Labute approximate surface area is 105 Å². The van der Waals surface area contributed by atoms with Gasteiger partial charge in [-0.25, -0.2) is 4.79 Å². The number of nitrogens with zero attached hydrogens (tertiary/aromatic N) is 1. The third-order valence-corrected chi connectivity index (χ3v) is 2.43. The van der Waals surface area contributed by atoms with Crippen molar-refractivity contribution in [3.63, 3.8) is 0 Å². The minimum Gasteiger partial charge on any atom is -0.382 e. The van der Waals surface area contributed by atoms with E-state index in [1.54, 1.807) is 21.3 Å². The Hall–Kier alpha value is -0.500. The molecule has 0 heterocycles. The Bertz CT molecular complexity index is 250. The van der Waals surface area contributed by atoms with Gasteiger partial charge in [0.25, 0.3) is 0 Å². The Morgan fingerprint density at radius 2 is 1.53 bits per heavy atom. The van der Waals surface area contributed by atoms with Gasteiger partial charge >= 0.3 is 6.03 Å². The van der Waals surface area contributed by atoms with E-state index in [-0.39, 0.29) is 16.7 Å². The average Bonchev–Trinajstić information content (AvgIpc) is 2.16. The molecule has 1 N–H and O–H groups in total. The van der Waals surface area contributed by atoms with E-state index in [2.05, 4.69) is 9.68 Å². The predicted octanol–water partition coefficient (Wildman–Crippen LogP) is 0.435. The molecule has 0 aliphatic carbocycles. The van der Waals surface area contributed by atoms with Crippen molar-refractivity contribution >= 4 is 16.7 Å². The number of nitrogens with one attached hydrogen (secondary N) is 1. The van der Waals surface area contributed by atoms with Crippen LogP contribution in [0.15, 0.2) is 4.36 Å². The number of methoxy groups -OCH3 is 3. The van der Waals surface area contributed by atoms with Crippen molar-refractivity contribution in [2.75, 3.05) is 53.7 Å². The van der Waals surface area contributed by atoms with Crippen LogP contribution in [0.25, 0.3) is 0 Å². The van der Waals surface area contributed by atoms with Gasteiger partial charge in [0.05, 0.1) is 19.8 Å². The lowest BCUT2D eigenvalue weighted by atomic mass is 10.0. The standard InChI is InChI=1S/C10H22N2O4S/c1-14-6-10(7-15-2,8-16-3)11-9(13)12-17(4)5/h6-8H2,1-5H3,(H,11,13). The van der Waals surface area contributed by atoms with Gasteiger partial charge < -0.3 is 19.5 Å². The molecule has 0 aliphatic rings. The first kappa shape index (κ1) is 16.5. The monoisotopic (exact) mass is 266 g/mol.